The Labute approximate surface area is 160 Å². The van der Waals surface area contributed by atoms with Crippen molar-refractivity contribution in [1.82, 2.24) is 24.9 Å². The molecule has 0 aliphatic carbocycles. The molecule has 4 heterocycles. The van der Waals surface area contributed by atoms with Crippen LogP contribution < -0.4 is 4.90 Å². The van der Waals surface area contributed by atoms with Crippen molar-refractivity contribution in [2.75, 3.05) is 4.90 Å². The SMILES string of the molecule is Cc1noc(-c2ccnc(N3Cc4cnn(Cc5ccc(F)cc5)c4C3)c2)n1. The van der Waals surface area contributed by atoms with E-state index in [4.69, 9.17) is 4.52 Å². The number of pyridine rings is 1. The number of hydrogen-bond acceptors (Lipinski definition) is 6. The molecule has 0 bridgehead atoms. The predicted octanol–water partition coefficient (Wildman–Crippen LogP) is 3.34. The van der Waals surface area contributed by atoms with Crippen LogP contribution in [0.3, 0.4) is 0 Å². The second-order valence-corrected chi connectivity index (χ2v) is 6.81. The Morgan fingerprint density at radius 3 is 2.79 bits per heavy atom. The lowest BCUT2D eigenvalue weighted by Crippen LogP contribution is -2.18. The van der Waals surface area contributed by atoms with Crippen LogP contribution in [0.1, 0.15) is 22.6 Å². The lowest BCUT2D eigenvalue weighted by molar-refractivity contribution is 0.425. The number of anilines is 1. The molecule has 0 amide bonds. The van der Waals surface area contributed by atoms with Gasteiger partial charge in [-0.25, -0.2) is 9.37 Å². The average molecular weight is 376 g/mol. The minimum atomic E-state index is -0.233. The number of fused-ring (bicyclic) bond motifs is 1. The topological polar surface area (TPSA) is 72.9 Å². The van der Waals surface area contributed by atoms with E-state index >= 15 is 0 Å². The summed E-state index contributed by atoms with van der Waals surface area (Å²) in [6.07, 6.45) is 3.64. The lowest BCUT2D eigenvalue weighted by Gasteiger charge is -2.17. The summed E-state index contributed by atoms with van der Waals surface area (Å²) < 4.78 is 20.4. The fourth-order valence-electron chi connectivity index (χ4n) is 3.41. The van der Waals surface area contributed by atoms with Gasteiger partial charge in [0.15, 0.2) is 5.82 Å². The zero-order chi connectivity index (χ0) is 19.1. The highest BCUT2D eigenvalue weighted by atomic mass is 19.1. The van der Waals surface area contributed by atoms with Crippen LogP contribution in [0.2, 0.25) is 0 Å². The van der Waals surface area contributed by atoms with Crippen LogP contribution >= 0.6 is 0 Å². The van der Waals surface area contributed by atoms with Gasteiger partial charge in [0.2, 0.25) is 0 Å². The van der Waals surface area contributed by atoms with Gasteiger partial charge in [0.25, 0.3) is 5.89 Å². The quantitative estimate of drug-likeness (QED) is 0.544. The van der Waals surface area contributed by atoms with Gasteiger partial charge < -0.3 is 9.42 Å². The summed E-state index contributed by atoms with van der Waals surface area (Å²) in [7, 11) is 0. The van der Waals surface area contributed by atoms with Crippen LogP contribution in [0.15, 0.2) is 53.3 Å². The summed E-state index contributed by atoms with van der Waals surface area (Å²) in [6.45, 7) is 3.84. The monoisotopic (exact) mass is 376 g/mol. The third-order valence-electron chi connectivity index (χ3n) is 4.83. The molecule has 0 saturated heterocycles. The molecule has 0 radical (unpaired) electrons. The average Bonchev–Trinajstić information content (AvgIpc) is 3.41. The number of benzene rings is 1. The van der Waals surface area contributed by atoms with E-state index in [1.165, 1.54) is 17.7 Å². The zero-order valence-corrected chi connectivity index (χ0v) is 15.2. The standard InChI is InChI=1S/C20H17FN6O/c1-13-24-20(28-25-13)15-6-7-22-19(8-15)26-11-16-9-23-27(18(16)12-26)10-14-2-4-17(21)5-3-14/h2-9H,10-12H2,1H3. The summed E-state index contributed by atoms with van der Waals surface area (Å²) in [5.41, 5.74) is 4.17. The molecule has 5 rings (SSSR count). The van der Waals surface area contributed by atoms with Gasteiger partial charge in [-0.05, 0) is 36.8 Å². The number of aromatic nitrogens is 5. The lowest BCUT2D eigenvalue weighted by atomic mass is 10.2. The van der Waals surface area contributed by atoms with E-state index in [0.29, 0.717) is 24.8 Å². The van der Waals surface area contributed by atoms with Crippen molar-refractivity contribution in [1.29, 1.82) is 0 Å². The number of rotatable bonds is 4. The predicted molar refractivity (Wildman–Crippen MR) is 99.9 cm³/mol. The number of nitrogens with zero attached hydrogens (tertiary/aromatic N) is 6. The van der Waals surface area contributed by atoms with Gasteiger partial charge in [-0.1, -0.05) is 17.3 Å². The summed E-state index contributed by atoms with van der Waals surface area (Å²) in [5, 5.41) is 8.34. The summed E-state index contributed by atoms with van der Waals surface area (Å²) >= 11 is 0. The Kier molecular flexibility index (Phi) is 3.89. The Hall–Kier alpha value is -3.55. The first-order valence-electron chi connectivity index (χ1n) is 8.95. The minimum absolute atomic E-state index is 0.233. The fraction of sp³-hybridized carbons (Fsp3) is 0.200. The maximum absolute atomic E-state index is 13.1. The van der Waals surface area contributed by atoms with Gasteiger partial charge in [-0.15, -0.1) is 0 Å². The van der Waals surface area contributed by atoms with Crippen LogP contribution in [0.5, 0.6) is 0 Å². The van der Waals surface area contributed by atoms with Crippen molar-refractivity contribution < 1.29 is 8.91 Å². The van der Waals surface area contributed by atoms with Crippen molar-refractivity contribution in [2.45, 2.75) is 26.6 Å². The van der Waals surface area contributed by atoms with Gasteiger partial charge in [-0.3, -0.25) is 4.68 Å². The number of aryl methyl sites for hydroxylation is 1. The maximum atomic E-state index is 13.1. The summed E-state index contributed by atoms with van der Waals surface area (Å²) in [4.78, 5) is 11.0. The van der Waals surface area contributed by atoms with Crippen LogP contribution in [-0.2, 0) is 19.6 Å². The molecular formula is C20H17FN6O. The van der Waals surface area contributed by atoms with E-state index < -0.39 is 0 Å². The molecule has 0 spiro atoms. The second-order valence-electron chi connectivity index (χ2n) is 6.81. The second kappa shape index (κ2) is 6.56. The van der Waals surface area contributed by atoms with E-state index in [1.54, 1.807) is 25.3 Å². The molecule has 140 valence electrons. The molecule has 0 N–H and O–H groups in total. The molecule has 0 atom stereocenters. The van der Waals surface area contributed by atoms with Crippen molar-refractivity contribution in [3.63, 3.8) is 0 Å². The fourth-order valence-corrected chi connectivity index (χ4v) is 3.41. The van der Waals surface area contributed by atoms with Gasteiger partial charge in [0.05, 0.1) is 25.0 Å². The molecule has 8 heteroatoms. The molecule has 1 aliphatic heterocycles. The number of halogens is 1. The van der Waals surface area contributed by atoms with Crippen LogP contribution in [0.25, 0.3) is 11.5 Å². The first-order chi connectivity index (χ1) is 13.7. The molecule has 7 nitrogen and oxygen atoms in total. The largest absolute Gasteiger partial charge is 0.346 e. The van der Waals surface area contributed by atoms with E-state index in [0.717, 1.165) is 29.2 Å². The molecule has 1 aliphatic rings. The van der Waals surface area contributed by atoms with E-state index in [9.17, 15) is 4.39 Å². The third-order valence-corrected chi connectivity index (χ3v) is 4.83. The van der Waals surface area contributed by atoms with Gasteiger partial charge in [-0.2, -0.15) is 10.1 Å². The number of hydrogen-bond donors (Lipinski definition) is 0. The van der Waals surface area contributed by atoms with Gasteiger partial charge >= 0.3 is 0 Å². The Morgan fingerprint density at radius 2 is 2.00 bits per heavy atom. The minimum Gasteiger partial charge on any atom is -0.346 e. The molecular weight excluding hydrogens is 359 g/mol. The van der Waals surface area contributed by atoms with Crippen LogP contribution in [-0.4, -0.2) is 24.9 Å². The summed E-state index contributed by atoms with van der Waals surface area (Å²) in [5.74, 6) is 1.70. The first-order valence-corrected chi connectivity index (χ1v) is 8.95. The third kappa shape index (κ3) is 3.02. The highest BCUT2D eigenvalue weighted by Gasteiger charge is 2.25. The van der Waals surface area contributed by atoms with E-state index in [1.807, 2.05) is 23.0 Å². The first kappa shape index (κ1) is 16.6. The van der Waals surface area contributed by atoms with Crippen molar-refractivity contribution >= 4 is 5.82 Å². The maximum Gasteiger partial charge on any atom is 0.258 e. The smallest absolute Gasteiger partial charge is 0.258 e. The molecule has 0 unspecified atom stereocenters. The Balaban J connectivity index is 1.37. The molecule has 4 aromatic rings. The Bertz CT molecular complexity index is 1130. The molecule has 3 aromatic heterocycles. The molecule has 1 aromatic carbocycles. The highest BCUT2D eigenvalue weighted by Crippen LogP contribution is 2.29. The van der Waals surface area contributed by atoms with Gasteiger partial charge in [0, 0.05) is 23.9 Å². The normalized spacial score (nSPS) is 13.1. The molecule has 0 saturated carbocycles. The van der Waals surface area contributed by atoms with E-state index in [2.05, 4.69) is 25.1 Å². The van der Waals surface area contributed by atoms with Crippen molar-refractivity contribution in [3.05, 3.63) is 77.3 Å². The highest BCUT2D eigenvalue weighted by molar-refractivity contribution is 5.59. The van der Waals surface area contributed by atoms with E-state index in [-0.39, 0.29) is 5.82 Å². The van der Waals surface area contributed by atoms with Crippen molar-refractivity contribution in [3.8, 4) is 11.5 Å². The van der Waals surface area contributed by atoms with Crippen LogP contribution in [0, 0.1) is 12.7 Å². The Morgan fingerprint density at radius 1 is 1.14 bits per heavy atom. The summed E-state index contributed by atoms with van der Waals surface area (Å²) in [6, 6.07) is 10.3. The van der Waals surface area contributed by atoms with Crippen LogP contribution in [0.4, 0.5) is 10.2 Å². The molecule has 0 fully saturated rings. The zero-order valence-electron chi connectivity index (χ0n) is 15.2. The van der Waals surface area contributed by atoms with Gasteiger partial charge in [0.1, 0.15) is 11.6 Å². The molecule has 28 heavy (non-hydrogen) atoms. The van der Waals surface area contributed by atoms with Crippen molar-refractivity contribution in [2.24, 2.45) is 0 Å².